The Labute approximate surface area is 186 Å². The third kappa shape index (κ3) is 4.73. The van der Waals surface area contributed by atoms with E-state index in [1.807, 2.05) is 34.7 Å². The number of hydrogen-bond acceptors (Lipinski definition) is 4. The van der Waals surface area contributed by atoms with E-state index < -0.39 is 0 Å². The van der Waals surface area contributed by atoms with Gasteiger partial charge in [-0.2, -0.15) is 0 Å². The Hall–Kier alpha value is -2.24. The molecule has 0 unspecified atom stereocenters. The summed E-state index contributed by atoms with van der Waals surface area (Å²) in [6.45, 7) is 6.05. The first kappa shape index (κ1) is 21.0. The molecule has 3 aromatic rings. The second kappa shape index (κ2) is 9.27. The molecule has 0 spiro atoms. The summed E-state index contributed by atoms with van der Waals surface area (Å²) in [6, 6.07) is 9.67. The van der Waals surface area contributed by atoms with Crippen molar-refractivity contribution in [3.05, 3.63) is 58.2 Å². The lowest BCUT2D eigenvalue weighted by Crippen LogP contribution is -2.35. The average molecular weight is 440 g/mol. The van der Waals surface area contributed by atoms with E-state index in [1.165, 1.54) is 6.42 Å². The van der Waals surface area contributed by atoms with Crippen LogP contribution in [0.2, 0.25) is 5.02 Å². The van der Waals surface area contributed by atoms with Gasteiger partial charge in [0.05, 0.1) is 10.7 Å². The van der Waals surface area contributed by atoms with E-state index in [2.05, 4.69) is 24.9 Å². The Morgan fingerprint density at radius 1 is 1.17 bits per heavy atom. The second-order valence-electron chi connectivity index (χ2n) is 8.22. The van der Waals surface area contributed by atoms with E-state index in [-0.39, 0.29) is 5.91 Å². The molecule has 6 heteroatoms. The fraction of sp³-hybridized carbons (Fsp3) is 0.375. The maximum Gasteiger partial charge on any atom is 0.253 e. The van der Waals surface area contributed by atoms with Crippen molar-refractivity contribution >= 4 is 28.8 Å². The van der Waals surface area contributed by atoms with Gasteiger partial charge in [0.2, 0.25) is 0 Å². The van der Waals surface area contributed by atoms with Gasteiger partial charge in [-0.05, 0) is 55.9 Å². The number of carbonyl (C=O) groups excluding carboxylic acids is 1. The molecule has 156 valence electrons. The molecule has 4 nitrogen and oxygen atoms in total. The van der Waals surface area contributed by atoms with Gasteiger partial charge in [0, 0.05) is 47.1 Å². The number of benzene rings is 1. The van der Waals surface area contributed by atoms with E-state index in [0.717, 1.165) is 59.9 Å². The van der Waals surface area contributed by atoms with Crippen LogP contribution in [0.5, 0.6) is 0 Å². The number of piperidine rings is 1. The van der Waals surface area contributed by atoms with Gasteiger partial charge in [-0.15, -0.1) is 11.3 Å². The first-order chi connectivity index (χ1) is 14.5. The summed E-state index contributed by atoms with van der Waals surface area (Å²) < 4.78 is 0. The van der Waals surface area contributed by atoms with E-state index in [0.29, 0.717) is 16.5 Å². The van der Waals surface area contributed by atoms with Gasteiger partial charge in [0.25, 0.3) is 5.91 Å². The van der Waals surface area contributed by atoms with Gasteiger partial charge < -0.3 is 4.90 Å². The first-order valence-corrected chi connectivity index (χ1v) is 11.8. The van der Waals surface area contributed by atoms with Crippen molar-refractivity contribution in [2.75, 3.05) is 13.1 Å². The number of aromatic nitrogens is 2. The summed E-state index contributed by atoms with van der Waals surface area (Å²) in [7, 11) is 0. The fourth-order valence-corrected chi connectivity index (χ4v) is 4.90. The quantitative estimate of drug-likeness (QED) is 0.465. The number of rotatable bonds is 5. The molecule has 0 atom stereocenters. The summed E-state index contributed by atoms with van der Waals surface area (Å²) in [5.41, 5.74) is 4.49. The summed E-state index contributed by atoms with van der Waals surface area (Å²) in [6.07, 6.45) is 6.15. The molecule has 3 heterocycles. The van der Waals surface area contributed by atoms with Gasteiger partial charge >= 0.3 is 0 Å². The van der Waals surface area contributed by atoms with Gasteiger partial charge in [0.15, 0.2) is 0 Å². The molecule has 2 aromatic heterocycles. The van der Waals surface area contributed by atoms with Gasteiger partial charge in [0.1, 0.15) is 5.01 Å². The number of nitrogens with zero attached hydrogens (tertiary/aromatic N) is 3. The van der Waals surface area contributed by atoms with E-state index in [4.69, 9.17) is 16.6 Å². The average Bonchev–Trinajstić information content (AvgIpc) is 3.23. The van der Waals surface area contributed by atoms with Crippen molar-refractivity contribution in [2.24, 2.45) is 5.92 Å². The van der Waals surface area contributed by atoms with E-state index in [1.54, 1.807) is 17.4 Å². The fourth-order valence-electron chi connectivity index (χ4n) is 3.81. The standard InChI is InChI=1S/C24H26ClN3OS/c1-16(2)12-19-13-17(8-9-26-19)23-27-22(15-30-23)20-7-6-18(14-21(20)25)24(29)28-10-4-3-5-11-28/h6-9,13-16H,3-5,10-12H2,1-2H3. The highest BCUT2D eigenvalue weighted by atomic mass is 35.5. The second-order valence-corrected chi connectivity index (χ2v) is 9.48. The van der Waals surface area contributed by atoms with Gasteiger partial charge in [-0.25, -0.2) is 4.98 Å². The van der Waals surface area contributed by atoms with Crippen molar-refractivity contribution in [3.8, 4) is 21.8 Å². The Kier molecular flexibility index (Phi) is 6.49. The molecule has 0 radical (unpaired) electrons. The highest BCUT2D eigenvalue weighted by molar-refractivity contribution is 7.13. The Morgan fingerprint density at radius 2 is 1.97 bits per heavy atom. The molecule has 0 aliphatic carbocycles. The van der Waals surface area contributed by atoms with Crippen LogP contribution in [0.3, 0.4) is 0 Å². The van der Waals surface area contributed by atoms with Crippen LogP contribution in [0.4, 0.5) is 0 Å². The maximum atomic E-state index is 12.7. The Morgan fingerprint density at radius 3 is 2.70 bits per heavy atom. The third-order valence-electron chi connectivity index (χ3n) is 5.32. The molecule has 1 fully saturated rings. The lowest BCUT2D eigenvalue weighted by molar-refractivity contribution is 0.0724. The molecule has 1 amide bonds. The molecule has 0 bridgehead atoms. The molecule has 1 aromatic carbocycles. The number of carbonyl (C=O) groups is 1. The lowest BCUT2D eigenvalue weighted by atomic mass is 10.1. The SMILES string of the molecule is CC(C)Cc1cc(-c2nc(-c3ccc(C(=O)N4CCCCC4)cc3Cl)cs2)ccn1. The number of pyridine rings is 1. The number of hydrogen-bond donors (Lipinski definition) is 0. The van der Waals surface area contributed by atoms with Crippen LogP contribution >= 0.6 is 22.9 Å². The molecular weight excluding hydrogens is 414 g/mol. The molecule has 0 N–H and O–H groups in total. The Bertz CT molecular complexity index is 1040. The predicted octanol–water partition coefficient (Wildman–Crippen LogP) is 6.35. The van der Waals surface area contributed by atoms with Crippen molar-refractivity contribution in [2.45, 2.75) is 39.5 Å². The molecule has 1 saturated heterocycles. The molecule has 1 aliphatic heterocycles. The largest absolute Gasteiger partial charge is 0.339 e. The van der Waals surface area contributed by atoms with Crippen LogP contribution in [0.15, 0.2) is 41.9 Å². The van der Waals surface area contributed by atoms with Crippen molar-refractivity contribution in [3.63, 3.8) is 0 Å². The maximum absolute atomic E-state index is 12.7. The number of halogens is 1. The third-order valence-corrected chi connectivity index (χ3v) is 6.52. The minimum Gasteiger partial charge on any atom is -0.339 e. The van der Waals surface area contributed by atoms with Crippen LogP contribution in [0.1, 0.15) is 49.2 Å². The van der Waals surface area contributed by atoms with Crippen LogP contribution < -0.4 is 0 Å². The van der Waals surface area contributed by atoms with Crippen molar-refractivity contribution in [1.29, 1.82) is 0 Å². The predicted molar refractivity (Wildman–Crippen MR) is 124 cm³/mol. The zero-order chi connectivity index (χ0) is 21.1. The van der Waals surface area contributed by atoms with E-state index in [9.17, 15) is 4.79 Å². The van der Waals surface area contributed by atoms with Crippen LogP contribution in [0, 0.1) is 5.92 Å². The lowest BCUT2D eigenvalue weighted by Gasteiger charge is -2.26. The summed E-state index contributed by atoms with van der Waals surface area (Å²) >= 11 is 8.16. The smallest absolute Gasteiger partial charge is 0.253 e. The topological polar surface area (TPSA) is 46.1 Å². The van der Waals surface area contributed by atoms with Crippen molar-refractivity contribution < 1.29 is 4.79 Å². The zero-order valence-corrected chi connectivity index (χ0v) is 19.0. The van der Waals surface area contributed by atoms with Gasteiger partial charge in [-0.1, -0.05) is 31.5 Å². The monoisotopic (exact) mass is 439 g/mol. The van der Waals surface area contributed by atoms with Gasteiger partial charge in [-0.3, -0.25) is 9.78 Å². The first-order valence-electron chi connectivity index (χ1n) is 10.5. The van der Waals surface area contributed by atoms with Crippen molar-refractivity contribution in [1.82, 2.24) is 14.9 Å². The van der Waals surface area contributed by atoms with Crippen LogP contribution in [0.25, 0.3) is 21.8 Å². The molecule has 30 heavy (non-hydrogen) atoms. The number of amides is 1. The van der Waals surface area contributed by atoms with E-state index >= 15 is 0 Å². The van der Waals surface area contributed by atoms with Crippen LogP contribution in [-0.4, -0.2) is 33.9 Å². The zero-order valence-electron chi connectivity index (χ0n) is 17.4. The molecule has 4 rings (SSSR count). The molecular formula is C24H26ClN3OS. The van der Waals surface area contributed by atoms with Crippen LogP contribution in [-0.2, 0) is 6.42 Å². The molecule has 0 saturated carbocycles. The summed E-state index contributed by atoms with van der Waals surface area (Å²) in [5, 5.41) is 3.53. The molecule has 1 aliphatic rings. The number of likely N-dealkylation sites (tertiary alicyclic amines) is 1. The summed E-state index contributed by atoms with van der Waals surface area (Å²) in [5.74, 6) is 0.626. The minimum atomic E-state index is 0.0663. The highest BCUT2D eigenvalue weighted by Gasteiger charge is 2.19. The summed E-state index contributed by atoms with van der Waals surface area (Å²) in [4.78, 5) is 23.9. The minimum absolute atomic E-state index is 0.0663. The normalized spacial score (nSPS) is 14.3. The Balaban J connectivity index is 1.55. The highest BCUT2D eigenvalue weighted by Crippen LogP contribution is 2.33. The number of thiazole rings is 1.